The van der Waals surface area contributed by atoms with E-state index < -0.39 is 17.4 Å². The Morgan fingerprint density at radius 1 is 1.26 bits per heavy atom. The first-order chi connectivity index (χ1) is 14.9. The molecule has 0 unspecified atom stereocenters. The Morgan fingerprint density at radius 3 is 2.68 bits per heavy atom. The highest BCUT2D eigenvalue weighted by Gasteiger charge is 2.19. The number of aliphatic hydroxyl groups excluding tert-OH is 1. The Hall–Kier alpha value is -3.11. The van der Waals surface area contributed by atoms with Gasteiger partial charge in [-0.05, 0) is 30.5 Å². The number of ether oxygens (including phenoxy) is 2. The number of fused-ring (bicyclic) bond motifs is 1. The van der Waals surface area contributed by atoms with Crippen molar-refractivity contribution in [1.29, 1.82) is 0 Å². The van der Waals surface area contributed by atoms with Gasteiger partial charge >= 0.3 is 5.69 Å². The van der Waals surface area contributed by atoms with Crippen molar-refractivity contribution in [3.63, 3.8) is 0 Å². The van der Waals surface area contributed by atoms with E-state index in [1.807, 2.05) is 24.3 Å². The molecule has 2 aromatic heterocycles. The maximum Gasteiger partial charge on any atom is 0.329 e. The molecular formula is C21H29N5O5. The van der Waals surface area contributed by atoms with E-state index in [-0.39, 0.29) is 24.3 Å². The summed E-state index contributed by atoms with van der Waals surface area (Å²) in [5, 5.41) is 13.7. The highest BCUT2D eigenvalue weighted by molar-refractivity contribution is 5.74. The summed E-state index contributed by atoms with van der Waals surface area (Å²) in [6, 6.07) is 7.68. The summed E-state index contributed by atoms with van der Waals surface area (Å²) >= 11 is 0. The van der Waals surface area contributed by atoms with Gasteiger partial charge in [-0.2, -0.15) is 4.98 Å². The quantitative estimate of drug-likeness (QED) is 0.385. The zero-order chi connectivity index (χ0) is 22.4. The van der Waals surface area contributed by atoms with Crippen LogP contribution in [-0.4, -0.2) is 57.2 Å². The van der Waals surface area contributed by atoms with Crippen LogP contribution in [-0.2, 0) is 24.8 Å². The van der Waals surface area contributed by atoms with Crippen molar-refractivity contribution in [1.82, 2.24) is 19.1 Å². The largest absolute Gasteiger partial charge is 0.491 e. The van der Waals surface area contributed by atoms with E-state index >= 15 is 0 Å². The van der Waals surface area contributed by atoms with E-state index in [9.17, 15) is 14.7 Å². The van der Waals surface area contributed by atoms with Gasteiger partial charge in [0, 0.05) is 27.3 Å². The summed E-state index contributed by atoms with van der Waals surface area (Å²) in [5.74, 6) is 1.05. The van der Waals surface area contributed by atoms with Crippen molar-refractivity contribution >= 4 is 17.1 Å². The maximum absolute atomic E-state index is 12.5. The third-order valence-electron chi connectivity index (χ3n) is 4.98. The lowest BCUT2D eigenvalue weighted by Gasteiger charge is -2.16. The fraction of sp³-hybridized carbons (Fsp3) is 0.476. The summed E-state index contributed by atoms with van der Waals surface area (Å²) in [6.07, 6.45) is 0.766. The van der Waals surface area contributed by atoms with E-state index in [0.29, 0.717) is 24.8 Å². The SMILES string of the molecule is CCc1ccc(OC[C@H](O)Cn2c(NCCCOC)nc3c2c(=O)[nH]c(=O)n3C)cc1. The number of benzene rings is 1. The van der Waals surface area contributed by atoms with Gasteiger partial charge in [-0.1, -0.05) is 19.1 Å². The molecule has 168 valence electrons. The van der Waals surface area contributed by atoms with Gasteiger partial charge in [0.15, 0.2) is 11.2 Å². The van der Waals surface area contributed by atoms with Gasteiger partial charge < -0.3 is 24.5 Å². The summed E-state index contributed by atoms with van der Waals surface area (Å²) in [4.78, 5) is 31.2. The second-order valence-corrected chi connectivity index (χ2v) is 7.27. The van der Waals surface area contributed by atoms with Crippen molar-refractivity contribution < 1.29 is 14.6 Å². The number of aryl methyl sites for hydroxylation is 2. The van der Waals surface area contributed by atoms with Crippen molar-refractivity contribution in [3.8, 4) is 5.75 Å². The minimum absolute atomic E-state index is 0.0396. The monoisotopic (exact) mass is 431 g/mol. The smallest absolute Gasteiger partial charge is 0.329 e. The molecule has 0 aliphatic carbocycles. The number of imidazole rings is 1. The van der Waals surface area contributed by atoms with Crippen LogP contribution in [0.2, 0.25) is 0 Å². The van der Waals surface area contributed by atoms with Crippen molar-refractivity contribution in [2.24, 2.45) is 7.05 Å². The first-order valence-corrected chi connectivity index (χ1v) is 10.3. The maximum atomic E-state index is 12.5. The lowest BCUT2D eigenvalue weighted by Crippen LogP contribution is -2.31. The van der Waals surface area contributed by atoms with E-state index in [4.69, 9.17) is 9.47 Å². The number of nitrogens with one attached hydrogen (secondary N) is 2. The lowest BCUT2D eigenvalue weighted by atomic mass is 10.2. The highest BCUT2D eigenvalue weighted by Crippen LogP contribution is 2.17. The number of methoxy groups -OCH3 is 1. The minimum atomic E-state index is -0.903. The van der Waals surface area contributed by atoms with E-state index in [0.717, 1.165) is 12.8 Å². The molecule has 1 atom stereocenters. The summed E-state index contributed by atoms with van der Waals surface area (Å²) in [6.45, 7) is 3.31. The topological polar surface area (TPSA) is 123 Å². The molecule has 3 rings (SSSR count). The zero-order valence-electron chi connectivity index (χ0n) is 18.1. The molecule has 0 saturated heterocycles. The van der Waals surface area contributed by atoms with Crippen LogP contribution in [0.5, 0.6) is 5.75 Å². The average molecular weight is 431 g/mol. The van der Waals surface area contributed by atoms with Crippen LogP contribution in [0.1, 0.15) is 18.9 Å². The predicted octanol–water partition coefficient (Wildman–Crippen LogP) is 0.874. The number of rotatable bonds is 11. The van der Waals surface area contributed by atoms with Crippen LogP contribution in [0.15, 0.2) is 33.9 Å². The molecule has 0 spiro atoms. The van der Waals surface area contributed by atoms with Gasteiger partial charge in [0.05, 0.1) is 6.54 Å². The molecular weight excluding hydrogens is 402 g/mol. The Bertz CT molecular complexity index is 1120. The van der Waals surface area contributed by atoms with Crippen LogP contribution in [0, 0.1) is 0 Å². The Labute approximate surface area is 179 Å². The number of hydrogen-bond acceptors (Lipinski definition) is 7. The van der Waals surface area contributed by atoms with Crippen molar-refractivity contribution in [2.75, 3.05) is 32.2 Å². The molecule has 0 aliphatic rings. The minimum Gasteiger partial charge on any atom is -0.491 e. The average Bonchev–Trinajstić information content (AvgIpc) is 3.12. The molecule has 1 aromatic carbocycles. The number of H-pyrrole nitrogens is 1. The number of aromatic nitrogens is 4. The molecule has 0 fully saturated rings. The van der Waals surface area contributed by atoms with Crippen molar-refractivity contribution in [3.05, 3.63) is 50.7 Å². The molecule has 2 heterocycles. The van der Waals surface area contributed by atoms with E-state index in [2.05, 4.69) is 22.2 Å². The first kappa shape index (κ1) is 22.6. The molecule has 0 aliphatic heterocycles. The number of aliphatic hydroxyl groups is 1. The molecule has 0 bridgehead atoms. The number of aromatic amines is 1. The van der Waals surface area contributed by atoms with Crippen LogP contribution < -0.4 is 21.3 Å². The van der Waals surface area contributed by atoms with Gasteiger partial charge in [0.2, 0.25) is 5.95 Å². The van der Waals surface area contributed by atoms with Gasteiger partial charge in [-0.15, -0.1) is 0 Å². The number of nitrogens with zero attached hydrogens (tertiary/aromatic N) is 3. The van der Waals surface area contributed by atoms with Crippen LogP contribution in [0.3, 0.4) is 0 Å². The molecule has 0 radical (unpaired) electrons. The third kappa shape index (κ3) is 5.33. The normalized spacial score (nSPS) is 12.3. The fourth-order valence-electron chi connectivity index (χ4n) is 3.24. The summed E-state index contributed by atoms with van der Waals surface area (Å²) in [5.41, 5.74) is 0.548. The molecule has 31 heavy (non-hydrogen) atoms. The Morgan fingerprint density at radius 2 is 2.00 bits per heavy atom. The molecule has 10 nitrogen and oxygen atoms in total. The van der Waals surface area contributed by atoms with E-state index in [1.54, 1.807) is 11.7 Å². The first-order valence-electron chi connectivity index (χ1n) is 10.3. The van der Waals surface area contributed by atoms with E-state index in [1.165, 1.54) is 17.2 Å². The van der Waals surface area contributed by atoms with Crippen LogP contribution in [0.25, 0.3) is 11.2 Å². The van der Waals surface area contributed by atoms with Gasteiger partial charge in [-0.3, -0.25) is 14.3 Å². The Kier molecular flexibility index (Phi) is 7.48. The summed E-state index contributed by atoms with van der Waals surface area (Å²) < 4.78 is 13.6. The zero-order valence-corrected chi connectivity index (χ0v) is 18.1. The molecule has 0 saturated carbocycles. The second kappa shape index (κ2) is 10.3. The summed E-state index contributed by atoms with van der Waals surface area (Å²) in [7, 11) is 3.16. The molecule has 0 amide bonds. The Balaban J connectivity index is 1.81. The standard InChI is InChI=1S/C21H29N5O5/c1-4-14-6-8-16(9-7-14)31-13-15(27)12-26-17-18(25(2)21(29)24-19(17)28)23-20(26)22-10-5-11-30-3/h6-9,15,27H,4-5,10-13H2,1-3H3,(H,22,23)(H,24,28,29)/t15-/m1/s1. The second-order valence-electron chi connectivity index (χ2n) is 7.27. The molecule has 10 heteroatoms. The van der Waals surface area contributed by atoms with Crippen molar-refractivity contribution in [2.45, 2.75) is 32.4 Å². The number of anilines is 1. The van der Waals surface area contributed by atoms with Gasteiger partial charge in [0.25, 0.3) is 5.56 Å². The molecule has 3 aromatic rings. The molecule has 3 N–H and O–H groups in total. The van der Waals surface area contributed by atoms with Gasteiger partial charge in [0.1, 0.15) is 18.5 Å². The fourth-order valence-corrected chi connectivity index (χ4v) is 3.24. The highest BCUT2D eigenvalue weighted by atomic mass is 16.5. The predicted molar refractivity (Wildman–Crippen MR) is 118 cm³/mol. The van der Waals surface area contributed by atoms with Gasteiger partial charge in [-0.25, -0.2) is 4.79 Å². The van der Waals surface area contributed by atoms with Crippen LogP contribution >= 0.6 is 0 Å². The third-order valence-corrected chi connectivity index (χ3v) is 4.98. The number of hydrogen-bond donors (Lipinski definition) is 3. The van der Waals surface area contributed by atoms with Crippen LogP contribution in [0.4, 0.5) is 5.95 Å². The lowest BCUT2D eigenvalue weighted by molar-refractivity contribution is 0.0938.